The average Bonchev–Trinajstić information content (AvgIpc) is 1.92. The van der Waals surface area contributed by atoms with Gasteiger partial charge in [-0.2, -0.15) is 8.42 Å². The second-order valence-corrected chi connectivity index (χ2v) is 4.14. The molecule has 1 rings (SSSR count). The molecule has 0 saturated carbocycles. The van der Waals surface area contributed by atoms with Gasteiger partial charge in [0.05, 0.1) is 4.90 Å². The summed E-state index contributed by atoms with van der Waals surface area (Å²) in [5, 5.41) is 0. The summed E-state index contributed by atoms with van der Waals surface area (Å²) in [5.74, 6) is 0. The van der Waals surface area contributed by atoms with E-state index in [1.54, 1.807) is 13.0 Å². The van der Waals surface area contributed by atoms with Crippen LogP contribution in [0.2, 0.25) is 0 Å². The molecule has 1 N–H and O–H groups in total. The molecule has 5 heteroatoms. The van der Waals surface area contributed by atoms with Gasteiger partial charge in [-0.05, 0) is 37.1 Å². The summed E-state index contributed by atoms with van der Waals surface area (Å²) in [6.07, 6.45) is 0. The molecular formula is C8H11KO3S. The fourth-order valence-corrected chi connectivity index (χ4v) is 1.44. The third-order valence-electron chi connectivity index (χ3n) is 1.78. The quantitative estimate of drug-likeness (QED) is 0.572. The molecule has 0 fully saturated rings. The van der Waals surface area contributed by atoms with Crippen LogP contribution in [0.3, 0.4) is 0 Å². The van der Waals surface area contributed by atoms with E-state index in [4.69, 9.17) is 4.55 Å². The van der Waals surface area contributed by atoms with E-state index >= 15 is 0 Å². The fourth-order valence-electron chi connectivity index (χ4n) is 0.874. The van der Waals surface area contributed by atoms with Gasteiger partial charge in [0.2, 0.25) is 0 Å². The molecule has 1 aromatic carbocycles. The normalized spacial score (nSPS) is 10.7. The third kappa shape index (κ3) is 3.79. The van der Waals surface area contributed by atoms with E-state index in [2.05, 4.69) is 0 Å². The standard InChI is InChI=1S/C8H10O3S.K.H/c1-6-3-4-8(5-7(6)2)12(9,10)11;;/h3-5H,1-2H3,(H,9,10,11);;. The van der Waals surface area contributed by atoms with Gasteiger partial charge in [-0.25, -0.2) is 0 Å². The Bertz CT molecular complexity index is 398. The predicted molar refractivity (Wildman–Crippen MR) is 52.9 cm³/mol. The fraction of sp³-hybridized carbons (Fsp3) is 0.250. The van der Waals surface area contributed by atoms with Crippen molar-refractivity contribution in [2.75, 3.05) is 0 Å². The van der Waals surface area contributed by atoms with Gasteiger partial charge in [-0.3, -0.25) is 4.55 Å². The molecule has 3 nitrogen and oxygen atoms in total. The molecule has 0 spiro atoms. The first-order valence-electron chi connectivity index (χ1n) is 3.46. The van der Waals surface area contributed by atoms with Crippen molar-refractivity contribution in [3.8, 4) is 0 Å². The van der Waals surface area contributed by atoms with E-state index < -0.39 is 10.1 Å². The van der Waals surface area contributed by atoms with Crippen molar-refractivity contribution in [2.24, 2.45) is 0 Å². The number of rotatable bonds is 1. The van der Waals surface area contributed by atoms with Crippen molar-refractivity contribution < 1.29 is 13.0 Å². The zero-order valence-electron chi connectivity index (χ0n) is 6.90. The number of hydrogen-bond acceptors (Lipinski definition) is 2. The minimum atomic E-state index is -4.04. The van der Waals surface area contributed by atoms with Gasteiger partial charge in [0.1, 0.15) is 0 Å². The SMILES string of the molecule is Cc1ccc(S(=O)(=O)O)cc1C.[KH]. The van der Waals surface area contributed by atoms with Crippen LogP contribution in [0.5, 0.6) is 0 Å². The molecule has 0 atom stereocenters. The second kappa shape index (κ2) is 5.02. The third-order valence-corrected chi connectivity index (χ3v) is 2.63. The Kier molecular flexibility index (Phi) is 5.31. The summed E-state index contributed by atoms with van der Waals surface area (Å²) in [4.78, 5) is -0.0504. The molecule has 0 saturated heterocycles. The molecular weight excluding hydrogens is 215 g/mol. The second-order valence-electron chi connectivity index (χ2n) is 2.72. The molecule has 0 bridgehead atoms. The van der Waals surface area contributed by atoms with Crippen molar-refractivity contribution >= 4 is 61.5 Å². The van der Waals surface area contributed by atoms with Crippen LogP contribution < -0.4 is 0 Å². The number of benzene rings is 1. The molecule has 0 aromatic heterocycles. The molecule has 0 aliphatic carbocycles. The Hall–Kier alpha value is 0.766. The summed E-state index contributed by atoms with van der Waals surface area (Å²) in [5.41, 5.74) is 1.85. The molecule has 1 aromatic rings. The molecule has 0 heterocycles. The Morgan fingerprint density at radius 1 is 1.15 bits per heavy atom. The molecule has 13 heavy (non-hydrogen) atoms. The van der Waals surface area contributed by atoms with Gasteiger partial charge < -0.3 is 0 Å². The van der Waals surface area contributed by atoms with Crippen LogP contribution in [0.15, 0.2) is 23.1 Å². The molecule has 0 unspecified atom stereocenters. The zero-order valence-corrected chi connectivity index (χ0v) is 7.72. The Labute approximate surface area is 121 Å². The molecule has 0 aliphatic heterocycles. The van der Waals surface area contributed by atoms with E-state index in [-0.39, 0.29) is 56.3 Å². The Morgan fingerprint density at radius 2 is 1.69 bits per heavy atom. The molecule has 0 aliphatic rings. The molecule has 68 valence electrons. The van der Waals surface area contributed by atoms with Gasteiger partial charge in [-0.1, -0.05) is 6.07 Å². The van der Waals surface area contributed by atoms with E-state index in [1.807, 2.05) is 6.92 Å². The van der Waals surface area contributed by atoms with Gasteiger partial charge >= 0.3 is 51.4 Å². The van der Waals surface area contributed by atoms with Gasteiger partial charge in [0.25, 0.3) is 10.1 Å². The van der Waals surface area contributed by atoms with Crippen molar-refractivity contribution in [3.05, 3.63) is 29.3 Å². The van der Waals surface area contributed by atoms with Crippen LogP contribution in [0, 0.1) is 13.8 Å². The Morgan fingerprint density at radius 3 is 2.08 bits per heavy atom. The van der Waals surface area contributed by atoms with Gasteiger partial charge in [-0.15, -0.1) is 0 Å². The Balaban J connectivity index is 0.00000144. The van der Waals surface area contributed by atoms with E-state index in [0.717, 1.165) is 11.1 Å². The monoisotopic (exact) mass is 226 g/mol. The first-order chi connectivity index (χ1) is 5.41. The van der Waals surface area contributed by atoms with E-state index in [1.165, 1.54) is 12.1 Å². The van der Waals surface area contributed by atoms with E-state index in [9.17, 15) is 8.42 Å². The van der Waals surface area contributed by atoms with Crippen LogP contribution in [0.4, 0.5) is 0 Å². The summed E-state index contributed by atoms with van der Waals surface area (Å²) in [6, 6.07) is 4.50. The van der Waals surface area contributed by atoms with Crippen LogP contribution in [-0.4, -0.2) is 64.4 Å². The number of hydrogen-bond donors (Lipinski definition) is 1. The summed E-state index contributed by atoms with van der Waals surface area (Å²) < 4.78 is 30.0. The summed E-state index contributed by atoms with van der Waals surface area (Å²) >= 11 is 0. The predicted octanol–water partition coefficient (Wildman–Crippen LogP) is 0.902. The van der Waals surface area contributed by atoms with Gasteiger partial charge in [0.15, 0.2) is 0 Å². The van der Waals surface area contributed by atoms with Crippen molar-refractivity contribution in [1.82, 2.24) is 0 Å². The van der Waals surface area contributed by atoms with Crippen molar-refractivity contribution in [1.29, 1.82) is 0 Å². The van der Waals surface area contributed by atoms with Crippen molar-refractivity contribution in [2.45, 2.75) is 18.7 Å². The first-order valence-corrected chi connectivity index (χ1v) is 4.90. The van der Waals surface area contributed by atoms with E-state index in [0.29, 0.717) is 0 Å². The van der Waals surface area contributed by atoms with Crippen LogP contribution >= 0.6 is 0 Å². The maximum atomic E-state index is 10.7. The van der Waals surface area contributed by atoms with Crippen LogP contribution in [0.1, 0.15) is 11.1 Å². The van der Waals surface area contributed by atoms with Crippen LogP contribution in [-0.2, 0) is 10.1 Å². The molecule has 0 amide bonds. The average molecular weight is 226 g/mol. The number of aryl methyl sites for hydroxylation is 2. The topological polar surface area (TPSA) is 54.4 Å². The maximum absolute atomic E-state index is 10.7. The van der Waals surface area contributed by atoms with Crippen LogP contribution in [0.25, 0.3) is 0 Å². The minimum absolute atomic E-state index is 0. The van der Waals surface area contributed by atoms with Crippen molar-refractivity contribution in [3.63, 3.8) is 0 Å². The summed E-state index contributed by atoms with van der Waals surface area (Å²) in [6.45, 7) is 3.67. The summed E-state index contributed by atoms with van der Waals surface area (Å²) in [7, 11) is -4.04. The molecule has 0 radical (unpaired) electrons. The zero-order chi connectivity index (χ0) is 9.35. The first kappa shape index (κ1) is 13.8. The van der Waals surface area contributed by atoms with Gasteiger partial charge in [0, 0.05) is 0 Å².